The number of carbonyl (C=O) groups excluding carboxylic acids is 1. The minimum Gasteiger partial charge on any atom is -0.336 e. The van der Waals surface area contributed by atoms with E-state index in [1.807, 2.05) is 6.92 Å². The van der Waals surface area contributed by atoms with Crippen molar-refractivity contribution in [3.05, 3.63) is 41.2 Å². The average molecular weight is 392 g/mol. The predicted molar refractivity (Wildman–Crippen MR) is 94.6 cm³/mol. The molecule has 0 bridgehead atoms. The number of piperidine rings is 1. The van der Waals surface area contributed by atoms with E-state index in [1.165, 1.54) is 6.07 Å². The van der Waals surface area contributed by atoms with Crippen molar-refractivity contribution in [3.63, 3.8) is 0 Å². The highest BCUT2D eigenvalue weighted by Crippen LogP contribution is 2.32. The predicted octanol–water partition coefficient (Wildman–Crippen LogP) is 2.97. The van der Waals surface area contributed by atoms with E-state index in [0.29, 0.717) is 24.2 Å². The molecular formula is C18H19F3N6O. The molecule has 28 heavy (non-hydrogen) atoms. The van der Waals surface area contributed by atoms with Crippen LogP contribution in [-0.2, 0) is 13.2 Å². The molecule has 1 saturated heterocycles. The Kier molecular flexibility index (Phi) is 4.35. The molecule has 4 rings (SSSR count). The highest BCUT2D eigenvalue weighted by atomic mass is 19.4. The quantitative estimate of drug-likeness (QED) is 0.672. The van der Waals surface area contributed by atoms with Crippen LogP contribution in [0.5, 0.6) is 0 Å². The number of hydrogen-bond donors (Lipinski definition) is 0. The highest BCUT2D eigenvalue weighted by Gasteiger charge is 2.32. The van der Waals surface area contributed by atoms with E-state index in [0.717, 1.165) is 30.7 Å². The maximum absolute atomic E-state index is 12.9. The molecule has 0 N–H and O–H groups in total. The first-order valence-electron chi connectivity index (χ1n) is 8.95. The topological polar surface area (TPSA) is 68.8 Å². The zero-order valence-electron chi connectivity index (χ0n) is 15.4. The van der Waals surface area contributed by atoms with E-state index >= 15 is 0 Å². The Morgan fingerprint density at radius 3 is 2.75 bits per heavy atom. The fourth-order valence-corrected chi connectivity index (χ4v) is 3.61. The van der Waals surface area contributed by atoms with Crippen LogP contribution in [0, 0.1) is 6.92 Å². The summed E-state index contributed by atoms with van der Waals surface area (Å²) in [5.41, 5.74) is 1.32. The maximum Gasteiger partial charge on any atom is 0.416 e. The van der Waals surface area contributed by atoms with Gasteiger partial charge in [-0.3, -0.25) is 9.48 Å². The Balaban J connectivity index is 1.59. The number of aryl methyl sites for hydroxylation is 1. The molecule has 1 amide bonds. The molecule has 7 nitrogen and oxygen atoms in total. The SMILES string of the molecule is Cc1c(C(=O)N2CCCC(n3nnc4cc(C(F)(F)F)ccc43)C2)cnn1C. The van der Waals surface area contributed by atoms with Crippen molar-refractivity contribution in [2.24, 2.45) is 7.05 Å². The van der Waals surface area contributed by atoms with Crippen molar-refractivity contribution in [2.75, 3.05) is 13.1 Å². The fraction of sp³-hybridized carbons (Fsp3) is 0.444. The molecule has 10 heteroatoms. The van der Waals surface area contributed by atoms with Gasteiger partial charge in [0.15, 0.2) is 0 Å². The monoisotopic (exact) mass is 392 g/mol. The average Bonchev–Trinajstić information content (AvgIpc) is 3.24. The zero-order valence-corrected chi connectivity index (χ0v) is 15.4. The molecule has 1 aliphatic rings. The number of halogens is 3. The summed E-state index contributed by atoms with van der Waals surface area (Å²) in [4.78, 5) is 14.6. The van der Waals surface area contributed by atoms with Gasteiger partial charge < -0.3 is 4.90 Å². The standard InChI is InChI=1S/C18H19F3N6O/c1-11-14(9-22-25(11)2)17(28)26-7-3-4-13(10-26)27-16-6-5-12(18(19,20)21)8-15(16)23-24-27/h5-6,8-9,13H,3-4,7,10H2,1-2H3. The summed E-state index contributed by atoms with van der Waals surface area (Å²) in [5.74, 6) is -0.0981. The summed E-state index contributed by atoms with van der Waals surface area (Å²) in [6, 6.07) is 3.29. The third-order valence-corrected chi connectivity index (χ3v) is 5.29. The van der Waals surface area contributed by atoms with E-state index in [-0.39, 0.29) is 17.5 Å². The lowest BCUT2D eigenvalue weighted by Crippen LogP contribution is -2.41. The number of carbonyl (C=O) groups is 1. The molecule has 2 aromatic heterocycles. The molecule has 1 aliphatic heterocycles. The summed E-state index contributed by atoms with van der Waals surface area (Å²) >= 11 is 0. The molecule has 1 aromatic carbocycles. The van der Waals surface area contributed by atoms with Crippen LogP contribution in [-0.4, -0.2) is 48.7 Å². The summed E-state index contributed by atoms with van der Waals surface area (Å²) in [7, 11) is 1.78. The van der Waals surface area contributed by atoms with E-state index in [9.17, 15) is 18.0 Å². The van der Waals surface area contributed by atoms with E-state index < -0.39 is 11.7 Å². The van der Waals surface area contributed by atoms with Gasteiger partial charge in [0.05, 0.1) is 28.9 Å². The molecule has 148 valence electrons. The zero-order chi connectivity index (χ0) is 20.1. The van der Waals surface area contributed by atoms with Crippen molar-refractivity contribution >= 4 is 16.9 Å². The number of aromatic nitrogens is 5. The van der Waals surface area contributed by atoms with E-state index in [4.69, 9.17) is 0 Å². The lowest BCUT2D eigenvalue weighted by Gasteiger charge is -2.32. The van der Waals surface area contributed by atoms with Gasteiger partial charge in [-0.15, -0.1) is 5.10 Å². The van der Waals surface area contributed by atoms with Crippen LogP contribution >= 0.6 is 0 Å². The first kappa shape index (κ1) is 18.5. The third-order valence-electron chi connectivity index (χ3n) is 5.29. The second-order valence-electron chi connectivity index (χ2n) is 7.05. The van der Waals surface area contributed by atoms with Gasteiger partial charge in [0.25, 0.3) is 5.91 Å². The Morgan fingerprint density at radius 2 is 2.07 bits per heavy atom. The molecule has 3 aromatic rings. The molecule has 1 fully saturated rings. The number of benzene rings is 1. The van der Waals surface area contributed by atoms with Gasteiger partial charge in [-0.05, 0) is 38.0 Å². The first-order chi connectivity index (χ1) is 13.3. The number of rotatable bonds is 2. The smallest absolute Gasteiger partial charge is 0.336 e. The molecule has 3 heterocycles. The lowest BCUT2D eigenvalue weighted by molar-refractivity contribution is -0.137. The highest BCUT2D eigenvalue weighted by molar-refractivity contribution is 5.95. The summed E-state index contributed by atoms with van der Waals surface area (Å²) in [6.45, 7) is 2.88. The molecule has 0 radical (unpaired) electrons. The lowest BCUT2D eigenvalue weighted by atomic mass is 10.0. The fourth-order valence-electron chi connectivity index (χ4n) is 3.61. The second kappa shape index (κ2) is 6.61. The molecule has 0 saturated carbocycles. The molecule has 1 unspecified atom stereocenters. The molecule has 0 aliphatic carbocycles. The van der Waals surface area contributed by atoms with Crippen LogP contribution < -0.4 is 0 Å². The van der Waals surface area contributed by atoms with Gasteiger partial charge in [0.2, 0.25) is 0 Å². The largest absolute Gasteiger partial charge is 0.416 e. The van der Waals surface area contributed by atoms with Crippen molar-refractivity contribution in [2.45, 2.75) is 32.0 Å². The van der Waals surface area contributed by atoms with Gasteiger partial charge >= 0.3 is 6.18 Å². The van der Waals surface area contributed by atoms with Gasteiger partial charge in [0, 0.05) is 25.8 Å². The van der Waals surface area contributed by atoms with Crippen molar-refractivity contribution < 1.29 is 18.0 Å². The van der Waals surface area contributed by atoms with Gasteiger partial charge in [-0.25, -0.2) is 4.68 Å². The van der Waals surface area contributed by atoms with Crippen LogP contribution in [0.15, 0.2) is 24.4 Å². The Bertz CT molecular complexity index is 1040. The van der Waals surface area contributed by atoms with E-state index in [1.54, 1.807) is 27.5 Å². The molecule has 1 atom stereocenters. The summed E-state index contributed by atoms with van der Waals surface area (Å²) in [6.07, 6.45) is -1.31. The van der Waals surface area contributed by atoms with E-state index in [2.05, 4.69) is 15.4 Å². The Morgan fingerprint density at radius 1 is 1.29 bits per heavy atom. The normalized spacial score (nSPS) is 18.0. The van der Waals surface area contributed by atoms with Crippen molar-refractivity contribution in [1.29, 1.82) is 0 Å². The van der Waals surface area contributed by atoms with Gasteiger partial charge in [0.1, 0.15) is 5.52 Å². The Labute approximate surface area is 158 Å². The van der Waals surface area contributed by atoms with Crippen LogP contribution in [0.2, 0.25) is 0 Å². The van der Waals surface area contributed by atoms with Gasteiger partial charge in [-0.2, -0.15) is 18.3 Å². The number of amides is 1. The first-order valence-corrected chi connectivity index (χ1v) is 8.95. The minimum atomic E-state index is -4.42. The van der Waals surface area contributed by atoms with Crippen molar-refractivity contribution in [1.82, 2.24) is 29.7 Å². The second-order valence-corrected chi connectivity index (χ2v) is 7.05. The number of hydrogen-bond acceptors (Lipinski definition) is 4. The van der Waals surface area contributed by atoms with Crippen LogP contribution in [0.4, 0.5) is 13.2 Å². The van der Waals surface area contributed by atoms with Crippen LogP contribution in [0.1, 0.15) is 40.5 Å². The number of fused-ring (bicyclic) bond motifs is 1. The summed E-state index contributed by atoms with van der Waals surface area (Å²) in [5, 5.41) is 12.1. The molecular weight excluding hydrogens is 373 g/mol. The summed E-state index contributed by atoms with van der Waals surface area (Å²) < 4.78 is 42.0. The number of likely N-dealkylation sites (tertiary alicyclic amines) is 1. The number of alkyl halides is 3. The Hall–Kier alpha value is -2.91. The van der Waals surface area contributed by atoms with Crippen LogP contribution in [0.3, 0.4) is 0 Å². The number of nitrogens with zero attached hydrogens (tertiary/aromatic N) is 6. The third kappa shape index (κ3) is 3.12. The minimum absolute atomic E-state index is 0.0981. The molecule has 0 spiro atoms. The van der Waals surface area contributed by atoms with Crippen LogP contribution in [0.25, 0.3) is 11.0 Å². The maximum atomic E-state index is 12.9. The van der Waals surface area contributed by atoms with Crippen molar-refractivity contribution in [3.8, 4) is 0 Å². The van der Waals surface area contributed by atoms with Gasteiger partial charge in [-0.1, -0.05) is 5.21 Å².